The SMILES string of the molecule is CCOc1cc(CNCC2CCNCC2)cc(Cl)c1OCc1ccc(C)cc1. The molecule has 0 atom stereocenters. The zero-order valence-corrected chi connectivity index (χ0v) is 17.6. The zero-order valence-electron chi connectivity index (χ0n) is 16.9. The molecule has 0 saturated carbocycles. The van der Waals surface area contributed by atoms with Crippen LogP contribution in [0.1, 0.15) is 36.5 Å². The standard InChI is InChI=1S/C23H31ClN2O2/c1-3-27-22-13-20(15-26-14-18-8-10-25-11-9-18)12-21(24)23(22)28-16-19-6-4-17(2)5-7-19/h4-7,12-13,18,25-26H,3,8-11,14-16H2,1-2H3. The minimum atomic E-state index is 0.466. The molecule has 0 unspecified atom stereocenters. The Morgan fingerprint density at radius 2 is 1.82 bits per heavy atom. The first-order valence-electron chi connectivity index (χ1n) is 10.2. The molecule has 0 amide bonds. The van der Waals surface area contributed by atoms with Crippen LogP contribution in [-0.2, 0) is 13.2 Å². The highest BCUT2D eigenvalue weighted by molar-refractivity contribution is 6.32. The molecule has 1 aliphatic heterocycles. The Bertz CT molecular complexity index is 743. The van der Waals surface area contributed by atoms with E-state index in [9.17, 15) is 0 Å². The van der Waals surface area contributed by atoms with Crippen LogP contribution >= 0.6 is 11.6 Å². The van der Waals surface area contributed by atoms with Crippen LogP contribution in [0.2, 0.25) is 5.02 Å². The number of hydrogen-bond donors (Lipinski definition) is 2. The highest BCUT2D eigenvalue weighted by atomic mass is 35.5. The molecule has 0 aromatic heterocycles. The van der Waals surface area contributed by atoms with Crippen LogP contribution in [0.3, 0.4) is 0 Å². The number of piperidine rings is 1. The molecule has 5 heteroatoms. The van der Waals surface area contributed by atoms with E-state index in [4.69, 9.17) is 21.1 Å². The van der Waals surface area contributed by atoms with Gasteiger partial charge in [-0.2, -0.15) is 0 Å². The number of benzene rings is 2. The van der Waals surface area contributed by atoms with E-state index in [1.165, 1.54) is 18.4 Å². The van der Waals surface area contributed by atoms with Crippen molar-refractivity contribution in [2.24, 2.45) is 5.92 Å². The van der Waals surface area contributed by atoms with Crippen molar-refractivity contribution in [2.45, 2.75) is 39.8 Å². The maximum Gasteiger partial charge on any atom is 0.180 e. The van der Waals surface area contributed by atoms with Gasteiger partial charge < -0.3 is 20.1 Å². The smallest absolute Gasteiger partial charge is 0.180 e. The van der Waals surface area contributed by atoms with Gasteiger partial charge in [-0.3, -0.25) is 0 Å². The van der Waals surface area contributed by atoms with E-state index in [0.717, 1.165) is 43.2 Å². The van der Waals surface area contributed by atoms with Gasteiger partial charge in [0.25, 0.3) is 0 Å². The van der Waals surface area contributed by atoms with E-state index < -0.39 is 0 Å². The molecule has 1 heterocycles. The van der Waals surface area contributed by atoms with Crippen molar-refractivity contribution in [3.63, 3.8) is 0 Å². The highest BCUT2D eigenvalue weighted by Crippen LogP contribution is 2.37. The average Bonchev–Trinajstić information content (AvgIpc) is 2.70. The second kappa shape index (κ2) is 10.7. The van der Waals surface area contributed by atoms with Gasteiger partial charge in [0.1, 0.15) is 6.61 Å². The topological polar surface area (TPSA) is 42.5 Å². The second-order valence-electron chi connectivity index (χ2n) is 7.44. The number of halogens is 1. The Labute approximate surface area is 173 Å². The van der Waals surface area contributed by atoms with E-state index in [1.54, 1.807) is 0 Å². The van der Waals surface area contributed by atoms with Crippen LogP contribution in [0.4, 0.5) is 0 Å². The lowest BCUT2D eigenvalue weighted by Gasteiger charge is -2.23. The molecule has 152 valence electrons. The summed E-state index contributed by atoms with van der Waals surface area (Å²) in [6, 6.07) is 12.3. The van der Waals surface area contributed by atoms with Crippen molar-refractivity contribution in [2.75, 3.05) is 26.2 Å². The van der Waals surface area contributed by atoms with Crippen LogP contribution < -0.4 is 20.1 Å². The summed E-state index contributed by atoms with van der Waals surface area (Å²) in [5.74, 6) is 2.08. The van der Waals surface area contributed by atoms with Crippen molar-refractivity contribution in [1.29, 1.82) is 0 Å². The predicted molar refractivity (Wildman–Crippen MR) is 115 cm³/mol. The summed E-state index contributed by atoms with van der Waals surface area (Å²) in [5, 5.41) is 7.57. The summed E-state index contributed by atoms with van der Waals surface area (Å²) >= 11 is 6.55. The van der Waals surface area contributed by atoms with E-state index in [0.29, 0.717) is 29.7 Å². The van der Waals surface area contributed by atoms with Gasteiger partial charge in [0.05, 0.1) is 11.6 Å². The van der Waals surface area contributed by atoms with Gasteiger partial charge in [0.2, 0.25) is 0 Å². The van der Waals surface area contributed by atoms with Crippen LogP contribution in [0.5, 0.6) is 11.5 Å². The minimum absolute atomic E-state index is 0.466. The Morgan fingerprint density at radius 1 is 1.07 bits per heavy atom. The summed E-state index contributed by atoms with van der Waals surface area (Å²) < 4.78 is 11.8. The van der Waals surface area contributed by atoms with Crippen LogP contribution in [0.25, 0.3) is 0 Å². The molecular formula is C23H31ClN2O2. The molecule has 2 N–H and O–H groups in total. The molecule has 1 fully saturated rings. The van der Waals surface area contributed by atoms with Crippen LogP contribution in [0.15, 0.2) is 36.4 Å². The lowest BCUT2D eigenvalue weighted by atomic mass is 9.98. The molecule has 0 bridgehead atoms. The zero-order chi connectivity index (χ0) is 19.8. The van der Waals surface area contributed by atoms with E-state index in [1.807, 2.05) is 19.1 Å². The summed E-state index contributed by atoms with van der Waals surface area (Å²) in [4.78, 5) is 0. The third-order valence-corrected chi connectivity index (χ3v) is 5.37. The van der Waals surface area contributed by atoms with Gasteiger partial charge in [-0.1, -0.05) is 41.4 Å². The molecule has 2 aromatic carbocycles. The van der Waals surface area contributed by atoms with E-state index >= 15 is 0 Å². The molecule has 2 aromatic rings. The number of nitrogens with one attached hydrogen (secondary N) is 2. The van der Waals surface area contributed by atoms with Gasteiger partial charge >= 0.3 is 0 Å². The summed E-state index contributed by atoms with van der Waals surface area (Å²) in [6.45, 7) is 9.15. The fourth-order valence-corrected chi connectivity index (χ4v) is 3.76. The van der Waals surface area contributed by atoms with Crippen LogP contribution in [-0.4, -0.2) is 26.2 Å². The number of ether oxygens (including phenoxy) is 2. The lowest BCUT2D eigenvalue weighted by Crippen LogP contribution is -2.33. The molecule has 0 spiro atoms. The summed E-state index contributed by atoms with van der Waals surface area (Å²) in [7, 11) is 0. The Balaban J connectivity index is 1.62. The molecule has 0 radical (unpaired) electrons. The normalized spacial score (nSPS) is 14.8. The van der Waals surface area contributed by atoms with Gasteiger partial charge in [0.15, 0.2) is 11.5 Å². The maximum atomic E-state index is 6.55. The fraction of sp³-hybridized carbons (Fsp3) is 0.478. The first kappa shape index (κ1) is 21.0. The molecule has 3 rings (SSSR count). The molecule has 4 nitrogen and oxygen atoms in total. The highest BCUT2D eigenvalue weighted by Gasteiger charge is 2.15. The summed E-state index contributed by atoms with van der Waals surface area (Å²) in [6.07, 6.45) is 2.48. The average molecular weight is 403 g/mol. The first-order chi connectivity index (χ1) is 13.7. The van der Waals surface area contributed by atoms with Crippen molar-refractivity contribution >= 4 is 11.6 Å². The Kier molecular flexibility index (Phi) is 8.01. The molecule has 1 saturated heterocycles. The van der Waals surface area contributed by atoms with Crippen molar-refractivity contribution in [3.05, 3.63) is 58.1 Å². The summed E-state index contributed by atoms with van der Waals surface area (Å²) in [5.41, 5.74) is 3.46. The van der Waals surface area contributed by atoms with Crippen molar-refractivity contribution in [1.82, 2.24) is 10.6 Å². The maximum absolute atomic E-state index is 6.55. The van der Waals surface area contributed by atoms with Gasteiger partial charge in [-0.05, 0) is 75.5 Å². The quantitative estimate of drug-likeness (QED) is 0.637. The van der Waals surface area contributed by atoms with Crippen molar-refractivity contribution < 1.29 is 9.47 Å². The second-order valence-corrected chi connectivity index (χ2v) is 7.84. The van der Waals surface area contributed by atoms with Crippen molar-refractivity contribution in [3.8, 4) is 11.5 Å². The third kappa shape index (κ3) is 6.13. The van der Waals surface area contributed by atoms with Gasteiger partial charge in [0, 0.05) is 6.54 Å². The Hall–Kier alpha value is -1.75. The molecule has 0 aliphatic carbocycles. The monoisotopic (exact) mass is 402 g/mol. The minimum Gasteiger partial charge on any atom is -0.490 e. The molecule has 1 aliphatic rings. The first-order valence-corrected chi connectivity index (χ1v) is 10.6. The third-order valence-electron chi connectivity index (χ3n) is 5.09. The number of hydrogen-bond acceptors (Lipinski definition) is 4. The van der Waals surface area contributed by atoms with Gasteiger partial charge in [-0.25, -0.2) is 0 Å². The number of rotatable bonds is 9. The van der Waals surface area contributed by atoms with Crippen LogP contribution in [0, 0.1) is 12.8 Å². The Morgan fingerprint density at radius 3 is 2.54 bits per heavy atom. The largest absolute Gasteiger partial charge is 0.490 e. The predicted octanol–water partition coefficient (Wildman–Crippen LogP) is 4.72. The molecule has 28 heavy (non-hydrogen) atoms. The van der Waals surface area contributed by atoms with E-state index in [2.05, 4.69) is 41.8 Å². The van der Waals surface area contributed by atoms with E-state index in [-0.39, 0.29) is 0 Å². The molecular weight excluding hydrogens is 372 g/mol. The number of aryl methyl sites for hydroxylation is 1. The fourth-order valence-electron chi connectivity index (χ4n) is 3.47. The lowest BCUT2D eigenvalue weighted by molar-refractivity contribution is 0.269. The van der Waals surface area contributed by atoms with Gasteiger partial charge in [-0.15, -0.1) is 0 Å².